The lowest BCUT2D eigenvalue weighted by atomic mass is 10.1. The number of nitrogens with zero attached hydrogens (tertiary/aromatic N) is 1. The summed E-state index contributed by atoms with van der Waals surface area (Å²) in [5, 5.41) is 8.03. The molecule has 0 radical (unpaired) electrons. The fraction of sp³-hybridized carbons (Fsp3) is 0.167. The van der Waals surface area contributed by atoms with Gasteiger partial charge in [0.1, 0.15) is 0 Å². The van der Waals surface area contributed by atoms with Crippen LogP contribution in [-0.2, 0) is 16.0 Å². The molecule has 0 fully saturated rings. The number of nitrogens with one attached hydrogen (secondary N) is 2. The van der Waals surface area contributed by atoms with Gasteiger partial charge in [0.05, 0.1) is 23.6 Å². The summed E-state index contributed by atoms with van der Waals surface area (Å²) in [6.45, 7) is 1.64. The molecule has 2 rings (SSSR count). The van der Waals surface area contributed by atoms with E-state index in [0.29, 0.717) is 26.5 Å². The van der Waals surface area contributed by atoms with Gasteiger partial charge < -0.3 is 5.32 Å². The molecule has 0 aromatic heterocycles. The number of halogens is 3. The Bertz CT molecular complexity index is 836. The van der Waals surface area contributed by atoms with Crippen LogP contribution in [0.3, 0.4) is 0 Å². The highest BCUT2D eigenvalue weighted by atomic mass is 35.5. The first-order chi connectivity index (χ1) is 12.3. The second-order valence-electron chi connectivity index (χ2n) is 5.53. The number of hydrogen-bond donors (Lipinski definition) is 2. The van der Waals surface area contributed by atoms with E-state index in [0.717, 1.165) is 5.56 Å². The van der Waals surface area contributed by atoms with E-state index in [-0.39, 0.29) is 24.7 Å². The summed E-state index contributed by atoms with van der Waals surface area (Å²) in [6, 6.07) is 11.7. The maximum Gasteiger partial charge on any atom is 0.244 e. The molecule has 8 heteroatoms. The highest BCUT2D eigenvalue weighted by molar-refractivity contribution is 6.35. The summed E-state index contributed by atoms with van der Waals surface area (Å²) in [6.07, 6.45) is 0.169. The predicted octanol–water partition coefficient (Wildman–Crippen LogP) is 4.71. The molecule has 26 heavy (non-hydrogen) atoms. The molecule has 0 saturated carbocycles. The highest BCUT2D eigenvalue weighted by Crippen LogP contribution is 2.25. The van der Waals surface area contributed by atoms with Gasteiger partial charge in [-0.15, -0.1) is 0 Å². The van der Waals surface area contributed by atoms with Gasteiger partial charge in [-0.2, -0.15) is 5.10 Å². The summed E-state index contributed by atoms with van der Waals surface area (Å²) >= 11 is 17.7. The molecular formula is C18H16Cl3N3O2. The smallest absolute Gasteiger partial charge is 0.244 e. The molecule has 2 N–H and O–H groups in total. The molecule has 136 valence electrons. The Balaban J connectivity index is 1.85. The van der Waals surface area contributed by atoms with Gasteiger partial charge in [0, 0.05) is 15.8 Å². The SMILES string of the molecule is C/C(CC(=O)Nc1cc(Cl)ccc1Cl)=N/NC(=O)Cc1ccc(Cl)cc1. The van der Waals surface area contributed by atoms with Crippen LogP contribution in [0.4, 0.5) is 5.69 Å². The zero-order valence-electron chi connectivity index (χ0n) is 13.9. The first-order valence-electron chi connectivity index (χ1n) is 7.65. The van der Waals surface area contributed by atoms with Crippen molar-refractivity contribution < 1.29 is 9.59 Å². The number of amides is 2. The van der Waals surface area contributed by atoms with Crippen LogP contribution in [0, 0.1) is 0 Å². The van der Waals surface area contributed by atoms with Gasteiger partial charge in [-0.1, -0.05) is 46.9 Å². The first-order valence-corrected chi connectivity index (χ1v) is 8.78. The van der Waals surface area contributed by atoms with Crippen molar-refractivity contribution in [2.75, 3.05) is 5.32 Å². The van der Waals surface area contributed by atoms with E-state index in [1.54, 1.807) is 49.4 Å². The van der Waals surface area contributed by atoms with E-state index in [1.165, 1.54) is 0 Å². The first kappa shape index (κ1) is 20.2. The van der Waals surface area contributed by atoms with Gasteiger partial charge in [-0.3, -0.25) is 9.59 Å². The molecule has 0 spiro atoms. The van der Waals surface area contributed by atoms with Gasteiger partial charge >= 0.3 is 0 Å². The average molecular weight is 413 g/mol. The van der Waals surface area contributed by atoms with Gasteiger partial charge in [0.15, 0.2) is 0 Å². The summed E-state index contributed by atoms with van der Waals surface area (Å²) in [4.78, 5) is 23.9. The Morgan fingerprint density at radius 3 is 2.31 bits per heavy atom. The molecule has 2 aromatic rings. The summed E-state index contributed by atoms with van der Waals surface area (Å²) < 4.78 is 0. The molecular weight excluding hydrogens is 397 g/mol. The van der Waals surface area contributed by atoms with Crippen molar-refractivity contribution in [2.45, 2.75) is 19.8 Å². The quantitative estimate of drug-likeness (QED) is 0.533. The molecule has 0 aliphatic rings. The fourth-order valence-electron chi connectivity index (χ4n) is 2.04. The van der Waals surface area contributed by atoms with Crippen LogP contribution in [0.15, 0.2) is 47.6 Å². The van der Waals surface area contributed by atoms with Crippen molar-refractivity contribution >= 4 is 58.0 Å². The van der Waals surface area contributed by atoms with Crippen LogP contribution in [0.1, 0.15) is 18.9 Å². The second-order valence-corrected chi connectivity index (χ2v) is 6.81. The van der Waals surface area contributed by atoms with Crippen molar-refractivity contribution in [2.24, 2.45) is 5.10 Å². The predicted molar refractivity (Wildman–Crippen MR) is 106 cm³/mol. The number of benzene rings is 2. The van der Waals surface area contributed by atoms with Crippen LogP contribution in [0.25, 0.3) is 0 Å². The summed E-state index contributed by atoms with van der Waals surface area (Å²) in [5.74, 6) is -0.604. The van der Waals surface area contributed by atoms with E-state index in [9.17, 15) is 9.59 Å². The third kappa shape index (κ3) is 6.67. The minimum Gasteiger partial charge on any atom is -0.324 e. The number of anilines is 1. The largest absolute Gasteiger partial charge is 0.324 e. The zero-order valence-corrected chi connectivity index (χ0v) is 16.1. The van der Waals surface area contributed by atoms with Gasteiger partial charge in [0.25, 0.3) is 0 Å². The second kappa shape index (κ2) is 9.57. The van der Waals surface area contributed by atoms with Gasteiger partial charge in [0.2, 0.25) is 11.8 Å². The molecule has 2 amide bonds. The summed E-state index contributed by atoms with van der Waals surface area (Å²) in [7, 11) is 0. The third-order valence-corrected chi connectivity index (χ3v) is 4.08. The minimum atomic E-state index is -0.317. The van der Waals surface area contributed by atoms with E-state index >= 15 is 0 Å². The third-order valence-electron chi connectivity index (χ3n) is 3.27. The molecule has 5 nitrogen and oxygen atoms in total. The number of carbonyl (C=O) groups is 2. The fourth-order valence-corrected chi connectivity index (χ4v) is 2.51. The Hall–Kier alpha value is -2.08. The zero-order chi connectivity index (χ0) is 19.1. The van der Waals surface area contributed by atoms with Crippen LogP contribution in [0.5, 0.6) is 0 Å². The monoisotopic (exact) mass is 411 g/mol. The van der Waals surface area contributed by atoms with E-state index in [2.05, 4.69) is 15.8 Å². The van der Waals surface area contributed by atoms with Gasteiger partial charge in [-0.05, 0) is 42.8 Å². The van der Waals surface area contributed by atoms with Crippen molar-refractivity contribution in [1.82, 2.24) is 5.43 Å². The highest BCUT2D eigenvalue weighted by Gasteiger charge is 2.09. The van der Waals surface area contributed by atoms with Crippen LogP contribution >= 0.6 is 34.8 Å². The molecule has 0 heterocycles. The Morgan fingerprint density at radius 1 is 0.962 bits per heavy atom. The van der Waals surface area contributed by atoms with Crippen molar-refractivity contribution in [3.8, 4) is 0 Å². The maximum atomic E-state index is 12.0. The van der Waals surface area contributed by atoms with Crippen molar-refractivity contribution in [3.05, 3.63) is 63.1 Å². The van der Waals surface area contributed by atoms with Crippen LogP contribution in [0.2, 0.25) is 15.1 Å². The van der Waals surface area contributed by atoms with Crippen molar-refractivity contribution in [1.29, 1.82) is 0 Å². The molecule has 2 aromatic carbocycles. The normalized spacial score (nSPS) is 11.2. The molecule has 0 aliphatic heterocycles. The number of hydrogen-bond acceptors (Lipinski definition) is 3. The Labute approximate surface area is 166 Å². The van der Waals surface area contributed by atoms with Gasteiger partial charge in [-0.25, -0.2) is 5.43 Å². The van der Waals surface area contributed by atoms with E-state index < -0.39 is 0 Å². The molecule has 0 unspecified atom stereocenters. The maximum absolute atomic E-state index is 12.0. The van der Waals surface area contributed by atoms with Crippen LogP contribution in [-0.4, -0.2) is 17.5 Å². The molecule has 0 saturated heterocycles. The van der Waals surface area contributed by atoms with E-state index in [4.69, 9.17) is 34.8 Å². The number of carbonyl (C=O) groups excluding carboxylic acids is 2. The summed E-state index contributed by atoms with van der Waals surface area (Å²) in [5.41, 5.74) is 4.11. The average Bonchev–Trinajstić information content (AvgIpc) is 2.58. The van der Waals surface area contributed by atoms with Crippen molar-refractivity contribution in [3.63, 3.8) is 0 Å². The van der Waals surface area contributed by atoms with Crippen LogP contribution < -0.4 is 10.7 Å². The number of rotatable bonds is 6. The Kier molecular flexibility index (Phi) is 7.45. The Morgan fingerprint density at radius 2 is 1.62 bits per heavy atom. The lowest BCUT2D eigenvalue weighted by molar-refractivity contribution is -0.120. The molecule has 0 bridgehead atoms. The lowest BCUT2D eigenvalue weighted by Gasteiger charge is -2.08. The standard InChI is InChI=1S/C18H16Cl3N3O2/c1-11(8-17(25)22-16-10-14(20)6-7-15(16)21)23-24-18(26)9-12-2-4-13(19)5-3-12/h2-7,10H,8-9H2,1H3,(H,22,25)(H,24,26)/b23-11-. The number of hydrazone groups is 1. The minimum absolute atomic E-state index is 0.00403. The molecule has 0 aliphatic carbocycles. The lowest BCUT2D eigenvalue weighted by Crippen LogP contribution is -2.22. The topological polar surface area (TPSA) is 70.6 Å². The molecule has 0 atom stereocenters. The van der Waals surface area contributed by atoms with E-state index in [1.807, 2.05) is 0 Å².